The third kappa shape index (κ3) is 3.53. The Morgan fingerprint density at radius 1 is 1.25 bits per heavy atom. The number of rotatable bonds is 3. The molecule has 0 aromatic carbocycles. The molecule has 0 aliphatic carbocycles. The number of carbonyl (C=O) groups is 1. The van der Waals surface area contributed by atoms with E-state index < -0.39 is 15.1 Å². The lowest BCUT2D eigenvalue weighted by molar-refractivity contribution is 0.209. The largest absolute Gasteiger partial charge is 0.323 e. The van der Waals surface area contributed by atoms with Crippen molar-refractivity contribution in [3.8, 4) is 0 Å². The van der Waals surface area contributed by atoms with Crippen molar-refractivity contribution >= 4 is 21.6 Å². The number of nitrogens with one attached hydrogen (secondary N) is 1. The molecule has 132 valence electrons. The average Bonchev–Trinajstić information content (AvgIpc) is 2.68. The van der Waals surface area contributed by atoms with E-state index in [-0.39, 0.29) is 17.8 Å². The summed E-state index contributed by atoms with van der Waals surface area (Å²) in [5, 5.41) is 2.08. The number of anilines is 1. The highest BCUT2D eigenvalue weighted by Gasteiger charge is 2.44. The number of amides is 2. The number of aromatic nitrogens is 2. The highest BCUT2D eigenvalue weighted by molar-refractivity contribution is 7.93. The van der Waals surface area contributed by atoms with Crippen molar-refractivity contribution < 1.29 is 13.2 Å². The van der Waals surface area contributed by atoms with Gasteiger partial charge in [-0.25, -0.2) is 23.2 Å². The molecule has 7 nitrogen and oxygen atoms in total. The van der Waals surface area contributed by atoms with E-state index in [9.17, 15) is 13.2 Å². The number of hydrogen-bond donors (Lipinski definition) is 1. The Labute approximate surface area is 142 Å². The zero-order chi connectivity index (χ0) is 17.3. The first-order chi connectivity index (χ1) is 11.4. The van der Waals surface area contributed by atoms with Gasteiger partial charge >= 0.3 is 6.03 Å². The number of urea groups is 1. The molecule has 2 aliphatic heterocycles. The van der Waals surface area contributed by atoms with Crippen molar-refractivity contribution in [2.45, 2.75) is 50.0 Å². The molecule has 2 saturated heterocycles. The first-order valence-electron chi connectivity index (χ1n) is 8.46. The molecule has 24 heavy (non-hydrogen) atoms. The SMILES string of the molecule is CC(C)Cc1ncc(NC(=O)N2CCC3CCC(C2)S3(=O)=O)cn1. The summed E-state index contributed by atoms with van der Waals surface area (Å²) in [4.78, 5) is 22.5. The van der Waals surface area contributed by atoms with Gasteiger partial charge in [-0.1, -0.05) is 13.8 Å². The van der Waals surface area contributed by atoms with E-state index in [1.807, 2.05) is 0 Å². The van der Waals surface area contributed by atoms with Crippen molar-refractivity contribution in [3.63, 3.8) is 0 Å². The van der Waals surface area contributed by atoms with E-state index in [4.69, 9.17) is 0 Å². The van der Waals surface area contributed by atoms with Crippen LogP contribution in [0.25, 0.3) is 0 Å². The third-order valence-electron chi connectivity index (χ3n) is 4.72. The molecule has 3 heterocycles. The summed E-state index contributed by atoms with van der Waals surface area (Å²) in [6.07, 6.45) is 5.90. The standard InChI is InChI=1S/C16H24N4O3S/c1-11(2)7-15-17-8-12(9-18-15)19-16(21)20-6-5-13-3-4-14(10-20)24(13,22)23/h8-9,11,13-14H,3-7,10H2,1-2H3,(H,19,21). The summed E-state index contributed by atoms with van der Waals surface area (Å²) in [7, 11) is -3.07. The van der Waals surface area contributed by atoms with Crippen LogP contribution >= 0.6 is 0 Å². The molecule has 0 spiro atoms. The van der Waals surface area contributed by atoms with Gasteiger partial charge in [-0.3, -0.25) is 0 Å². The fourth-order valence-corrected chi connectivity index (χ4v) is 5.69. The number of sulfone groups is 1. The van der Waals surface area contributed by atoms with Crippen LogP contribution in [-0.2, 0) is 16.3 Å². The van der Waals surface area contributed by atoms with Gasteiger partial charge in [0, 0.05) is 19.5 Å². The maximum Gasteiger partial charge on any atom is 0.321 e. The Bertz CT molecular complexity index is 703. The van der Waals surface area contributed by atoms with Crippen LogP contribution in [0.3, 0.4) is 0 Å². The molecule has 1 aromatic rings. The van der Waals surface area contributed by atoms with Gasteiger partial charge in [0.05, 0.1) is 28.6 Å². The summed E-state index contributed by atoms with van der Waals surface area (Å²) >= 11 is 0. The molecule has 1 N–H and O–H groups in total. The lowest BCUT2D eigenvalue weighted by Crippen LogP contribution is -2.40. The Morgan fingerprint density at radius 2 is 1.92 bits per heavy atom. The molecule has 2 aliphatic rings. The maximum atomic E-state index is 12.4. The summed E-state index contributed by atoms with van der Waals surface area (Å²) in [6.45, 7) is 4.94. The molecule has 1 aromatic heterocycles. The molecule has 2 amide bonds. The smallest absolute Gasteiger partial charge is 0.321 e. The zero-order valence-electron chi connectivity index (χ0n) is 14.1. The van der Waals surface area contributed by atoms with E-state index >= 15 is 0 Å². The first-order valence-corrected chi connectivity index (χ1v) is 10.1. The topological polar surface area (TPSA) is 92.3 Å². The van der Waals surface area contributed by atoms with Crippen LogP contribution in [0.2, 0.25) is 0 Å². The second-order valence-corrected chi connectivity index (χ2v) is 9.57. The number of carbonyl (C=O) groups excluding carboxylic acids is 1. The van der Waals surface area contributed by atoms with E-state index in [2.05, 4.69) is 29.1 Å². The highest BCUT2D eigenvalue weighted by atomic mass is 32.2. The first kappa shape index (κ1) is 17.1. The molecule has 2 bridgehead atoms. The Morgan fingerprint density at radius 3 is 2.58 bits per heavy atom. The third-order valence-corrected chi connectivity index (χ3v) is 7.43. The fraction of sp³-hybridized carbons (Fsp3) is 0.688. The highest BCUT2D eigenvalue weighted by Crippen LogP contribution is 2.33. The minimum Gasteiger partial charge on any atom is -0.323 e. The van der Waals surface area contributed by atoms with Crippen molar-refractivity contribution in [3.05, 3.63) is 18.2 Å². The Balaban J connectivity index is 1.63. The molecular formula is C16H24N4O3S. The number of fused-ring (bicyclic) bond motifs is 2. The van der Waals surface area contributed by atoms with Crippen LogP contribution < -0.4 is 5.32 Å². The minimum atomic E-state index is -3.07. The molecule has 3 rings (SSSR count). The van der Waals surface area contributed by atoms with Crippen molar-refractivity contribution in [2.75, 3.05) is 18.4 Å². The zero-order valence-corrected chi connectivity index (χ0v) is 14.9. The predicted molar refractivity (Wildman–Crippen MR) is 91.5 cm³/mol. The molecule has 0 saturated carbocycles. The normalized spacial score (nSPS) is 25.5. The van der Waals surface area contributed by atoms with Crippen LogP contribution in [0, 0.1) is 5.92 Å². The predicted octanol–water partition coefficient (Wildman–Crippen LogP) is 1.86. The van der Waals surface area contributed by atoms with Crippen LogP contribution in [0.1, 0.15) is 38.9 Å². The summed E-state index contributed by atoms with van der Waals surface area (Å²) in [5.74, 6) is 1.22. The van der Waals surface area contributed by atoms with Gasteiger partial charge in [0.1, 0.15) is 5.82 Å². The monoisotopic (exact) mass is 352 g/mol. The summed E-state index contributed by atoms with van der Waals surface area (Å²) in [6, 6.07) is -0.280. The van der Waals surface area contributed by atoms with Gasteiger partial charge in [0.25, 0.3) is 0 Å². The van der Waals surface area contributed by atoms with Gasteiger partial charge in [0.2, 0.25) is 0 Å². The van der Waals surface area contributed by atoms with Gasteiger partial charge in [-0.05, 0) is 25.2 Å². The van der Waals surface area contributed by atoms with Gasteiger partial charge in [0.15, 0.2) is 9.84 Å². The summed E-state index contributed by atoms with van der Waals surface area (Å²) in [5.41, 5.74) is 0.532. The Kier molecular flexibility index (Phi) is 4.76. The second-order valence-electron chi connectivity index (χ2n) is 7.06. The van der Waals surface area contributed by atoms with E-state index in [1.165, 1.54) is 0 Å². The van der Waals surface area contributed by atoms with Crippen LogP contribution in [-0.4, -0.2) is 52.9 Å². The minimum absolute atomic E-state index is 0.275. The van der Waals surface area contributed by atoms with Crippen molar-refractivity contribution in [1.29, 1.82) is 0 Å². The lowest BCUT2D eigenvalue weighted by atomic mass is 10.1. The molecular weight excluding hydrogens is 328 g/mol. The maximum absolute atomic E-state index is 12.4. The number of nitrogens with zero attached hydrogens (tertiary/aromatic N) is 3. The molecule has 2 unspecified atom stereocenters. The molecule has 8 heteroatoms. The van der Waals surface area contributed by atoms with E-state index in [1.54, 1.807) is 17.3 Å². The van der Waals surface area contributed by atoms with E-state index in [0.717, 1.165) is 18.7 Å². The van der Waals surface area contributed by atoms with Crippen LogP contribution in [0.15, 0.2) is 12.4 Å². The average molecular weight is 352 g/mol. The Hall–Kier alpha value is -1.70. The second kappa shape index (κ2) is 6.66. The quantitative estimate of drug-likeness (QED) is 0.896. The number of hydrogen-bond acceptors (Lipinski definition) is 5. The summed E-state index contributed by atoms with van der Waals surface area (Å²) < 4.78 is 24.5. The van der Waals surface area contributed by atoms with E-state index in [0.29, 0.717) is 31.0 Å². The van der Waals surface area contributed by atoms with Crippen molar-refractivity contribution in [1.82, 2.24) is 14.9 Å². The van der Waals surface area contributed by atoms with Gasteiger partial charge < -0.3 is 10.2 Å². The molecule has 0 radical (unpaired) electrons. The van der Waals surface area contributed by atoms with Crippen molar-refractivity contribution in [2.24, 2.45) is 5.92 Å². The molecule has 2 atom stereocenters. The lowest BCUT2D eigenvalue weighted by Gasteiger charge is -2.24. The van der Waals surface area contributed by atoms with Gasteiger partial charge in [-0.15, -0.1) is 0 Å². The van der Waals surface area contributed by atoms with Crippen LogP contribution in [0.4, 0.5) is 10.5 Å². The number of likely N-dealkylation sites (tertiary alicyclic amines) is 1. The molecule has 2 fully saturated rings. The van der Waals surface area contributed by atoms with Crippen LogP contribution in [0.5, 0.6) is 0 Å². The van der Waals surface area contributed by atoms with Gasteiger partial charge in [-0.2, -0.15) is 0 Å². The fourth-order valence-electron chi connectivity index (χ4n) is 3.39.